The van der Waals surface area contributed by atoms with Gasteiger partial charge in [-0.1, -0.05) is 30.3 Å². The van der Waals surface area contributed by atoms with Crippen LogP contribution in [0.4, 0.5) is 0 Å². The summed E-state index contributed by atoms with van der Waals surface area (Å²) in [6.07, 6.45) is 1.62. The van der Waals surface area contributed by atoms with Crippen LogP contribution in [-0.4, -0.2) is 12.9 Å². The van der Waals surface area contributed by atoms with Gasteiger partial charge in [0.05, 0.1) is 7.11 Å². The van der Waals surface area contributed by atoms with Gasteiger partial charge in [-0.2, -0.15) is 0 Å². The molecule has 3 heteroatoms. The lowest BCUT2D eigenvalue weighted by atomic mass is 10.1. The molecule has 0 amide bonds. The number of hydrogen-bond acceptors (Lipinski definition) is 3. The number of carbonyl (C=O) groups is 1. The predicted molar refractivity (Wildman–Crippen MR) is 84.4 cm³/mol. The van der Waals surface area contributed by atoms with Crippen LogP contribution in [0.15, 0.2) is 66.4 Å². The number of methoxy groups -OCH3 is 1. The Kier molecular flexibility index (Phi) is 5.16. The molecule has 2 rings (SSSR count). The highest BCUT2D eigenvalue weighted by Gasteiger charge is 2.03. The minimum absolute atomic E-state index is 0.0179. The van der Waals surface area contributed by atoms with Crippen molar-refractivity contribution in [3.63, 3.8) is 0 Å². The second-order valence-electron chi connectivity index (χ2n) is 4.76. The van der Waals surface area contributed by atoms with E-state index in [0.717, 1.165) is 11.4 Å². The van der Waals surface area contributed by atoms with Gasteiger partial charge in [-0.15, -0.1) is 0 Å². The van der Waals surface area contributed by atoms with Gasteiger partial charge in [-0.05, 0) is 36.8 Å². The van der Waals surface area contributed by atoms with Gasteiger partial charge in [-0.25, -0.2) is 0 Å². The first-order valence-corrected chi connectivity index (χ1v) is 6.83. The number of carbonyl (C=O) groups excluding carboxylic acids is 1. The molecule has 0 aliphatic heterocycles. The molecular formula is C18H19NO2. The number of ketones is 1. The Labute approximate surface area is 125 Å². The molecule has 0 fully saturated rings. The molecule has 2 aromatic carbocycles. The molecule has 0 saturated carbocycles. The first-order chi connectivity index (χ1) is 10.2. The van der Waals surface area contributed by atoms with Crippen LogP contribution in [-0.2, 0) is 6.54 Å². The van der Waals surface area contributed by atoms with Crippen LogP contribution in [0.3, 0.4) is 0 Å². The maximum absolute atomic E-state index is 12.1. The summed E-state index contributed by atoms with van der Waals surface area (Å²) >= 11 is 0. The fourth-order valence-corrected chi connectivity index (χ4v) is 1.92. The third kappa shape index (κ3) is 4.49. The number of nitrogens with one attached hydrogen (secondary N) is 1. The molecule has 0 aromatic heterocycles. The SMILES string of the molecule is COc1ccc(C(=O)/C=C(/C)NCc2ccccc2)cc1. The molecule has 0 aliphatic carbocycles. The number of hydrogen-bond donors (Lipinski definition) is 1. The molecular weight excluding hydrogens is 262 g/mol. The zero-order chi connectivity index (χ0) is 15.1. The summed E-state index contributed by atoms with van der Waals surface area (Å²) in [7, 11) is 1.61. The fourth-order valence-electron chi connectivity index (χ4n) is 1.92. The largest absolute Gasteiger partial charge is 0.497 e. The molecule has 0 unspecified atom stereocenters. The first-order valence-electron chi connectivity index (χ1n) is 6.83. The van der Waals surface area contributed by atoms with E-state index in [1.54, 1.807) is 37.5 Å². The van der Waals surface area contributed by atoms with Crippen molar-refractivity contribution in [3.05, 3.63) is 77.5 Å². The summed E-state index contributed by atoms with van der Waals surface area (Å²) in [5.74, 6) is 0.727. The topological polar surface area (TPSA) is 38.3 Å². The molecule has 0 atom stereocenters. The second kappa shape index (κ2) is 7.29. The van der Waals surface area contributed by atoms with E-state index in [-0.39, 0.29) is 5.78 Å². The predicted octanol–water partition coefficient (Wildman–Crippen LogP) is 3.57. The third-order valence-electron chi connectivity index (χ3n) is 3.14. The van der Waals surface area contributed by atoms with Crippen molar-refractivity contribution in [1.29, 1.82) is 0 Å². The lowest BCUT2D eigenvalue weighted by Gasteiger charge is -2.06. The van der Waals surface area contributed by atoms with Crippen LogP contribution in [0.1, 0.15) is 22.8 Å². The van der Waals surface area contributed by atoms with Gasteiger partial charge < -0.3 is 10.1 Å². The van der Waals surface area contributed by atoms with E-state index in [1.807, 2.05) is 37.3 Å². The van der Waals surface area contributed by atoms with E-state index in [4.69, 9.17) is 4.74 Å². The molecule has 0 aliphatic rings. The van der Waals surface area contributed by atoms with E-state index >= 15 is 0 Å². The van der Waals surface area contributed by atoms with Crippen molar-refractivity contribution >= 4 is 5.78 Å². The lowest BCUT2D eigenvalue weighted by molar-refractivity contribution is 0.104. The highest BCUT2D eigenvalue weighted by molar-refractivity contribution is 6.04. The Morgan fingerprint density at radius 3 is 2.38 bits per heavy atom. The van der Waals surface area contributed by atoms with Gasteiger partial charge in [0, 0.05) is 23.9 Å². The molecule has 0 saturated heterocycles. The van der Waals surface area contributed by atoms with E-state index < -0.39 is 0 Å². The molecule has 3 nitrogen and oxygen atoms in total. The summed E-state index contributed by atoms with van der Waals surface area (Å²) in [6, 6.07) is 17.2. The first kappa shape index (κ1) is 14.9. The summed E-state index contributed by atoms with van der Waals surface area (Å²) in [5.41, 5.74) is 2.68. The smallest absolute Gasteiger partial charge is 0.187 e. The monoisotopic (exact) mass is 281 g/mol. The van der Waals surface area contributed by atoms with Crippen molar-refractivity contribution in [2.45, 2.75) is 13.5 Å². The van der Waals surface area contributed by atoms with Crippen LogP contribution in [0.5, 0.6) is 5.75 Å². The number of allylic oxidation sites excluding steroid dienone is 2. The Hall–Kier alpha value is -2.55. The van der Waals surface area contributed by atoms with Gasteiger partial charge in [0.1, 0.15) is 5.75 Å². The molecule has 0 radical (unpaired) electrons. The van der Waals surface area contributed by atoms with E-state index in [1.165, 1.54) is 5.56 Å². The van der Waals surface area contributed by atoms with Gasteiger partial charge in [0.25, 0.3) is 0 Å². The zero-order valence-corrected chi connectivity index (χ0v) is 12.3. The number of benzene rings is 2. The second-order valence-corrected chi connectivity index (χ2v) is 4.76. The summed E-state index contributed by atoms with van der Waals surface area (Å²) in [4.78, 5) is 12.1. The zero-order valence-electron chi connectivity index (χ0n) is 12.3. The molecule has 0 bridgehead atoms. The number of rotatable bonds is 6. The fraction of sp³-hybridized carbons (Fsp3) is 0.167. The average Bonchev–Trinajstić information content (AvgIpc) is 2.54. The summed E-state index contributed by atoms with van der Waals surface area (Å²) in [5, 5.41) is 3.24. The normalized spacial score (nSPS) is 11.0. The third-order valence-corrected chi connectivity index (χ3v) is 3.14. The van der Waals surface area contributed by atoms with Crippen LogP contribution in [0.2, 0.25) is 0 Å². The van der Waals surface area contributed by atoms with Crippen molar-refractivity contribution < 1.29 is 9.53 Å². The van der Waals surface area contributed by atoms with Crippen molar-refractivity contribution in [2.24, 2.45) is 0 Å². The van der Waals surface area contributed by atoms with Crippen LogP contribution >= 0.6 is 0 Å². The lowest BCUT2D eigenvalue weighted by Crippen LogP contribution is -2.12. The Bertz CT molecular complexity index is 615. The maximum Gasteiger partial charge on any atom is 0.187 e. The van der Waals surface area contributed by atoms with Crippen LogP contribution < -0.4 is 10.1 Å². The molecule has 0 heterocycles. The maximum atomic E-state index is 12.1. The van der Waals surface area contributed by atoms with Crippen molar-refractivity contribution in [2.75, 3.05) is 7.11 Å². The minimum Gasteiger partial charge on any atom is -0.497 e. The minimum atomic E-state index is -0.0179. The molecule has 108 valence electrons. The van der Waals surface area contributed by atoms with Gasteiger partial charge in [-0.3, -0.25) is 4.79 Å². The van der Waals surface area contributed by atoms with E-state index in [0.29, 0.717) is 12.1 Å². The summed E-state index contributed by atoms with van der Waals surface area (Å²) < 4.78 is 5.08. The highest BCUT2D eigenvalue weighted by atomic mass is 16.5. The summed E-state index contributed by atoms with van der Waals surface area (Å²) in [6.45, 7) is 2.60. The van der Waals surface area contributed by atoms with Crippen molar-refractivity contribution in [1.82, 2.24) is 5.32 Å². The highest BCUT2D eigenvalue weighted by Crippen LogP contribution is 2.12. The molecule has 0 spiro atoms. The van der Waals surface area contributed by atoms with E-state index in [9.17, 15) is 4.79 Å². The van der Waals surface area contributed by atoms with Crippen LogP contribution in [0, 0.1) is 0 Å². The van der Waals surface area contributed by atoms with E-state index in [2.05, 4.69) is 5.32 Å². The Morgan fingerprint density at radius 2 is 1.76 bits per heavy atom. The van der Waals surface area contributed by atoms with Gasteiger partial charge in [0.2, 0.25) is 0 Å². The van der Waals surface area contributed by atoms with Gasteiger partial charge in [0.15, 0.2) is 5.78 Å². The molecule has 2 aromatic rings. The average molecular weight is 281 g/mol. The Balaban J connectivity index is 1.95. The quantitative estimate of drug-likeness (QED) is 0.650. The van der Waals surface area contributed by atoms with Crippen LogP contribution in [0.25, 0.3) is 0 Å². The molecule has 1 N–H and O–H groups in total. The standard InChI is InChI=1S/C18H19NO2/c1-14(19-13-15-6-4-3-5-7-15)12-18(20)16-8-10-17(21-2)11-9-16/h3-12,19H,13H2,1-2H3/b14-12-. The Morgan fingerprint density at radius 1 is 1.10 bits per heavy atom. The number of ether oxygens (including phenoxy) is 1. The van der Waals surface area contributed by atoms with Crippen molar-refractivity contribution in [3.8, 4) is 5.75 Å². The van der Waals surface area contributed by atoms with Gasteiger partial charge >= 0.3 is 0 Å². The molecule has 21 heavy (non-hydrogen) atoms.